The summed E-state index contributed by atoms with van der Waals surface area (Å²) < 4.78 is 5.75. The molecule has 140 valence electrons. The lowest BCUT2D eigenvalue weighted by molar-refractivity contribution is 0.306. The average Bonchev–Trinajstić information content (AvgIpc) is 2.73. The van der Waals surface area contributed by atoms with Crippen molar-refractivity contribution in [3.63, 3.8) is 0 Å². The van der Waals surface area contributed by atoms with Crippen LogP contribution in [-0.2, 0) is 6.42 Å². The third kappa shape index (κ3) is 5.33. The van der Waals surface area contributed by atoms with E-state index in [-0.39, 0.29) is 0 Å². The van der Waals surface area contributed by atoms with Crippen LogP contribution in [0.4, 0.5) is 0 Å². The molecule has 2 aromatic heterocycles. The van der Waals surface area contributed by atoms with Gasteiger partial charge in [-0.05, 0) is 42.7 Å². The molecule has 0 unspecified atom stereocenters. The summed E-state index contributed by atoms with van der Waals surface area (Å²) in [7, 11) is 0. The Morgan fingerprint density at radius 3 is 1.96 bits per heavy atom. The number of aromatic nitrogens is 4. The Kier molecular flexibility index (Phi) is 6.85. The topological polar surface area (TPSA) is 60.8 Å². The van der Waals surface area contributed by atoms with E-state index in [2.05, 4.69) is 33.8 Å². The summed E-state index contributed by atoms with van der Waals surface area (Å²) in [5.74, 6) is 2.21. The normalized spacial score (nSPS) is 10.7. The molecule has 3 rings (SSSR count). The first kappa shape index (κ1) is 19.0. The molecule has 0 aliphatic heterocycles. The molecule has 0 fully saturated rings. The lowest BCUT2D eigenvalue weighted by Gasteiger charge is -2.07. The smallest absolute Gasteiger partial charge is 0.162 e. The van der Waals surface area contributed by atoms with Gasteiger partial charge in [-0.2, -0.15) is 0 Å². The van der Waals surface area contributed by atoms with E-state index in [1.807, 2.05) is 36.7 Å². The predicted molar refractivity (Wildman–Crippen MR) is 108 cm³/mol. The van der Waals surface area contributed by atoms with Crippen LogP contribution in [0.5, 0.6) is 5.75 Å². The van der Waals surface area contributed by atoms with Gasteiger partial charge < -0.3 is 4.74 Å². The molecule has 0 radical (unpaired) electrons. The van der Waals surface area contributed by atoms with Crippen LogP contribution < -0.4 is 4.74 Å². The zero-order valence-corrected chi connectivity index (χ0v) is 16.1. The quantitative estimate of drug-likeness (QED) is 0.494. The van der Waals surface area contributed by atoms with Crippen LogP contribution in [0.1, 0.15) is 45.1 Å². The van der Waals surface area contributed by atoms with Crippen LogP contribution >= 0.6 is 0 Å². The van der Waals surface area contributed by atoms with Gasteiger partial charge in [-0.15, -0.1) is 0 Å². The van der Waals surface area contributed by atoms with E-state index in [1.54, 1.807) is 12.4 Å². The molecule has 27 heavy (non-hydrogen) atoms. The molecule has 5 heteroatoms. The van der Waals surface area contributed by atoms with Gasteiger partial charge in [-0.25, -0.2) is 19.9 Å². The van der Waals surface area contributed by atoms with E-state index >= 15 is 0 Å². The van der Waals surface area contributed by atoms with Crippen molar-refractivity contribution in [3.8, 4) is 28.5 Å². The van der Waals surface area contributed by atoms with Crippen molar-refractivity contribution in [3.05, 3.63) is 54.6 Å². The van der Waals surface area contributed by atoms with Crippen molar-refractivity contribution in [2.75, 3.05) is 6.61 Å². The number of ether oxygens (including phenoxy) is 1. The Labute approximate surface area is 160 Å². The summed E-state index contributed by atoms with van der Waals surface area (Å²) in [5.41, 5.74) is 2.93. The Balaban J connectivity index is 1.64. The maximum Gasteiger partial charge on any atom is 0.162 e. The highest BCUT2D eigenvalue weighted by molar-refractivity contribution is 5.59. The van der Waals surface area contributed by atoms with Gasteiger partial charge in [0, 0.05) is 30.4 Å². The van der Waals surface area contributed by atoms with Gasteiger partial charge in [0.15, 0.2) is 11.6 Å². The van der Waals surface area contributed by atoms with E-state index in [9.17, 15) is 0 Å². The summed E-state index contributed by atoms with van der Waals surface area (Å²) >= 11 is 0. The first-order valence-corrected chi connectivity index (χ1v) is 9.66. The van der Waals surface area contributed by atoms with Crippen LogP contribution in [-0.4, -0.2) is 26.5 Å². The van der Waals surface area contributed by atoms with E-state index in [0.717, 1.165) is 48.3 Å². The summed E-state index contributed by atoms with van der Waals surface area (Å²) in [6.45, 7) is 5.09. The van der Waals surface area contributed by atoms with Crippen molar-refractivity contribution in [2.24, 2.45) is 0 Å². The van der Waals surface area contributed by atoms with Gasteiger partial charge in [0.2, 0.25) is 0 Å². The lowest BCUT2D eigenvalue weighted by Crippen LogP contribution is -1.97. The highest BCUT2D eigenvalue weighted by Gasteiger charge is 2.06. The molecular weight excluding hydrogens is 336 g/mol. The minimum Gasteiger partial charge on any atom is -0.494 e. The van der Waals surface area contributed by atoms with Crippen molar-refractivity contribution in [2.45, 2.75) is 46.0 Å². The Hall–Kier alpha value is -2.82. The second-order valence-electron chi connectivity index (χ2n) is 6.54. The molecule has 3 aromatic rings. The number of unbranched alkanes of at least 4 members (excludes halogenated alkanes) is 2. The Morgan fingerprint density at radius 2 is 1.33 bits per heavy atom. The molecular formula is C22H26N4O. The van der Waals surface area contributed by atoms with E-state index < -0.39 is 0 Å². The summed E-state index contributed by atoms with van der Waals surface area (Å²) in [4.78, 5) is 17.8. The van der Waals surface area contributed by atoms with Crippen LogP contribution in [0.15, 0.2) is 49.1 Å². The maximum atomic E-state index is 5.75. The van der Waals surface area contributed by atoms with E-state index in [1.165, 1.54) is 12.8 Å². The number of rotatable bonds is 9. The Bertz CT molecular complexity index is 814. The summed E-state index contributed by atoms with van der Waals surface area (Å²) in [6.07, 6.45) is 12.9. The molecule has 0 amide bonds. The molecule has 0 saturated heterocycles. The van der Waals surface area contributed by atoms with Gasteiger partial charge in [0.25, 0.3) is 0 Å². The average molecular weight is 362 g/mol. The molecule has 2 heterocycles. The molecule has 1 aromatic carbocycles. The summed E-state index contributed by atoms with van der Waals surface area (Å²) in [5, 5.41) is 0. The summed E-state index contributed by atoms with van der Waals surface area (Å²) in [6, 6.07) is 7.91. The second-order valence-corrected chi connectivity index (χ2v) is 6.54. The number of benzene rings is 1. The molecule has 0 N–H and O–H groups in total. The Morgan fingerprint density at radius 1 is 0.704 bits per heavy atom. The van der Waals surface area contributed by atoms with E-state index in [0.29, 0.717) is 11.6 Å². The molecule has 0 bridgehead atoms. The van der Waals surface area contributed by atoms with Gasteiger partial charge in [-0.3, -0.25) is 0 Å². The molecule has 0 aliphatic carbocycles. The van der Waals surface area contributed by atoms with Crippen LogP contribution in [0, 0.1) is 0 Å². The van der Waals surface area contributed by atoms with Crippen molar-refractivity contribution < 1.29 is 4.74 Å². The third-order valence-corrected chi connectivity index (χ3v) is 4.28. The number of aryl methyl sites for hydroxylation is 1. The molecule has 0 atom stereocenters. The largest absolute Gasteiger partial charge is 0.494 e. The van der Waals surface area contributed by atoms with Gasteiger partial charge >= 0.3 is 0 Å². The molecule has 0 aliphatic rings. The van der Waals surface area contributed by atoms with Gasteiger partial charge in [-0.1, -0.05) is 33.1 Å². The maximum absolute atomic E-state index is 5.75. The molecule has 0 saturated carbocycles. The first-order chi connectivity index (χ1) is 13.3. The van der Waals surface area contributed by atoms with E-state index in [4.69, 9.17) is 4.74 Å². The molecule has 0 spiro atoms. The molecule has 5 nitrogen and oxygen atoms in total. The minimum absolute atomic E-state index is 0.650. The van der Waals surface area contributed by atoms with Crippen LogP contribution in [0.25, 0.3) is 22.8 Å². The number of nitrogens with zero attached hydrogens (tertiary/aromatic N) is 4. The zero-order valence-electron chi connectivity index (χ0n) is 16.1. The second kappa shape index (κ2) is 9.76. The first-order valence-electron chi connectivity index (χ1n) is 9.66. The lowest BCUT2D eigenvalue weighted by atomic mass is 10.2. The van der Waals surface area contributed by atoms with Gasteiger partial charge in [0.1, 0.15) is 5.75 Å². The fraction of sp³-hybridized carbons (Fsp3) is 0.364. The van der Waals surface area contributed by atoms with Crippen molar-refractivity contribution in [1.29, 1.82) is 0 Å². The predicted octanol–water partition coefficient (Wildman–Crippen LogP) is 5.12. The van der Waals surface area contributed by atoms with Crippen molar-refractivity contribution >= 4 is 0 Å². The fourth-order valence-electron chi connectivity index (χ4n) is 2.76. The monoisotopic (exact) mass is 362 g/mol. The highest BCUT2D eigenvalue weighted by atomic mass is 16.5. The number of hydrogen-bond acceptors (Lipinski definition) is 5. The van der Waals surface area contributed by atoms with Crippen molar-refractivity contribution in [1.82, 2.24) is 19.9 Å². The van der Waals surface area contributed by atoms with Gasteiger partial charge in [0.05, 0.1) is 12.2 Å². The highest BCUT2D eigenvalue weighted by Crippen LogP contribution is 2.21. The minimum atomic E-state index is 0.650. The third-order valence-electron chi connectivity index (χ3n) is 4.28. The zero-order chi connectivity index (χ0) is 18.9. The standard InChI is InChI=1S/C22H26N4O/c1-3-5-6-12-27-20-10-8-18(9-11-20)21-25-15-19(16-26-21)22-23-13-17(7-4-2)14-24-22/h8-11,13-16H,3-7,12H2,1-2H3. The fourth-order valence-corrected chi connectivity index (χ4v) is 2.76. The SMILES string of the molecule is CCCCCOc1ccc(-c2ncc(-c3ncc(CCC)cn3)cn2)cc1. The number of hydrogen-bond donors (Lipinski definition) is 0. The van der Waals surface area contributed by atoms with Crippen LogP contribution in [0.3, 0.4) is 0 Å². The van der Waals surface area contributed by atoms with Crippen LogP contribution in [0.2, 0.25) is 0 Å².